The van der Waals surface area contributed by atoms with Crippen molar-refractivity contribution >= 4 is 10.9 Å². The van der Waals surface area contributed by atoms with E-state index in [2.05, 4.69) is 14.7 Å². The molecular formula is C20H23N5O. The summed E-state index contributed by atoms with van der Waals surface area (Å²) in [5.41, 5.74) is 3.56. The summed E-state index contributed by atoms with van der Waals surface area (Å²) >= 11 is 0. The minimum Gasteiger partial charge on any atom is -0.298 e. The van der Waals surface area contributed by atoms with Crippen molar-refractivity contribution in [2.24, 2.45) is 7.05 Å². The lowest BCUT2D eigenvalue weighted by atomic mass is 10.1. The van der Waals surface area contributed by atoms with Crippen molar-refractivity contribution in [2.75, 3.05) is 6.54 Å². The molecule has 6 nitrogen and oxygen atoms in total. The third kappa shape index (κ3) is 2.40. The number of aromatic nitrogens is 4. The second-order valence-electron chi connectivity index (χ2n) is 7.42. The molecule has 0 amide bonds. The lowest BCUT2D eigenvalue weighted by Gasteiger charge is -2.25. The van der Waals surface area contributed by atoms with E-state index >= 15 is 0 Å². The predicted molar refractivity (Wildman–Crippen MR) is 99.9 cm³/mol. The van der Waals surface area contributed by atoms with Gasteiger partial charge in [-0.3, -0.25) is 18.9 Å². The number of hydrogen-bond donors (Lipinski definition) is 0. The zero-order valence-corrected chi connectivity index (χ0v) is 15.1. The van der Waals surface area contributed by atoms with Gasteiger partial charge in [0.25, 0.3) is 5.56 Å². The molecule has 1 fully saturated rings. The molecule has 0 radical (unpaired) electrons. The van der Waals surface area contributed by atoms with E-state index in [1.54, 1.807) is 4.57 Å². The van der Waals surface area contributed by atoms with Gasteiger partial charge in [-0.1, -0.05) is 12.1 Å². The first kappa shape index (κ1) is 15.8. The van der Waals surface area contributed by atoms with E-state index in [0.717, 1.165) is 50.2 Å². The fourth-order valence-electron chi connectivity index (χ4n) is 4.52. The lowest BCUT2D eigenvalue weighted by Crippen LogP contribution is -2.30. The Hall–Kier alpha value is -2.47. The standard InChI is InChI=1S/C20H23N5O/c1-23-19(22-16-7-3-2-6-15(16)20(23)26)18-9-4-10-24(18)13-14-12-21-25-11-5-8-17(14)25/h2-3,6-7,12,18H,4-5,8-11,13H2,1H3. The minimum absolute atomic E-state index is 0.0453. The molecule has 2 aliphatic heterocycles. The Morgan fingerprint density at radius 1 is 1.19 bits per heavy atom. The summed E-state index contributed by atoms with van der Waals surface area (Å²) in [5.74, 6) is 0.884. The van der Waals surface area contributed by atoms with Gasteiger partial charge in [0.05, 0.1) is 23.1 Å². The van der Waals surface area contributed by atoms with E-state index in [0.29, 0.717) is 5.39 Å². The molecule has 4 heterocycles. The van der Waals surface area contributed by atoms with Crippen LogP contribution in [0.3, 0.4) is 0 Å². The smallest absolute Gasteiger partial charge is 0.261 e. The highest BCUT2D eigenvalue weighted by Crippen LogP contribution is 2.33. The third-order valence-electron chi connectivity index (χ3n) is 5.87. The Bertz CT molecular complexity index is 1030. The highest BCUT2D eigenvalue weighted by Gasteiger charge is 2.31. The van der Waals surface area contributed by atoms with E-state index < -0.39 is 0 Å². The maximum atomic E-state index is 12.8. The predicted octanol–water partition coefficient (Wildman–Crippen LogP) is 2.41. The SMILES string of the molecule is Cn1c(C2CCCN2Cc2cnn3c2CCC3)nc2ccccc2c1=O. The number of nitrogens with zero attached hydrogens (tertiary/aromatic N) is 5. The maximum absolute atomic E-state index is 12.8. The molecule has 6 heteroatoms. The fourth-order valence-corrected chi connectivity index (χ4v) is 4.52. The average Bonchev–Trinajstić information content (AvgIpc) is 3.37. The number of hydrogen-bond acceptors (Lipinski definition) is 4. The van der Waals surface area contributed by atoms with Crippen LogP contribution in [0.5, 0.6) is 0 Å². The van der Waals surface area contributed by atoms with Gasteiger partial charge in [-0.15, -0.1) is 0 Å². The van der Waals surface area contributed by atoms with Gasteiger partial charge >= 0.3 is 0 Å². The Morgan fingerprint density at radius 2 is 2.08 bits per heavy atom. The Labute approximate surface area is 152 Å². The van der Waals surface area contributed by atoms with Crippen LogP contribution < -0.4 is 5.56 Å². The van der Waals surface area contributed by atoms with Crippen molar-refractivity contribution in [3.05, 3.63) is 57.9 Å². The number of rotatable bonds is 3. The monoisotopic (exact) mass is 349 g/mol. The summed E-state index contributed by atoms with van der Waals surface area (Å²) in [6.07, 6.45) is 6.52. The van der Waals surface area contributed by atoms with Crippen LogP contribution in [-0.4, -0.2) is 30.8 Å². The van der Waals surface area contributed by atoms with Crippen molar-refractivity contribution < 1.29 is 0 Å². The number of aryl methyl sites for hydroxylation is 1. The zero-order valence-electron chi connectivity index (χ0n) is 15.1. The van der Waals surface area contributed by atoms with Gasteiger partial charge in [-0.25, -0.2) is 4.98 Å². The molecule has 1 atom stereocenters. The van der Waals surface area contributed by atoms with E-state index in [1.807, 2.05) is 37.5 Å². The summed E-state index contributed by atoms with van der Waals surface area (Å²) in [6, 6.07) is 7.82. The van der Waals surface area contributed by atoms with Gasteiger partial charge in [0.15, 0.2) is 0 Å². The topological polar surface area (TPSA) is 56.0 Å². The highest BCUT2D eigenvalue weighted by atomic mass is 16.1. The Morgan fingerprint density at radius 3 is 3.00 bits per heavy atom. The summed E-state index contributed by atoms with van der Waals surface area (Å²) < 4.78 is 3.89. The number of benzene rings is 1. The molecule has 1 aromatic carbocycles. The van der Waals surface area contributed by atoms with Gasteiger partial charge in [-0.2, -0.15) is 5.10 Å². The van der Waals surface area contributed by atoms with Crippen LogP contribution in [0, 0.1) is 0 Å². The second kappa shape index (κ2) is 6.06. The van der Waals surface area contributed by atoms with Crippen LogP contribution >= 0.6 is 0 Å². The average molecular weight is 349 g/mol. The van der Waals surface area contributed by atoms with Gasteiger partial charge < -0.3 is 0 Å². The lowest BCUT2D eigenvalue weighted by molar-refractivity contribution is 0.234. The third-order valence-corrected chi connectivity index (χ3v) is 5.87. The van der Waals surface area contributed by atoms with Crippen molar-refractivity contribution in [3.63, 3.8) is 0 Å². The van der Waals surface area contributed by atoms with Crippen molar-refractivity contribution in [1.82, 2.24) is 24.2 Å². The minimum atomic E-state index is 0.0453. The second-order valence-corrected chi connectivity index (χ2v) is 7.42. The summed E-state index contributed by atoms with van der Waals surface area (Å²) in [4.78, 5) is 20.1. The molecule has 0 bridgehead atoms. The number of para-hydroxylation sites is 1. The van der Waals surface area contributed by atoms with E-state index in [9.17, 15) is 4.79 Å². The largest absolute Gasteiger partial charge is 0.298 e. The first-order valence-electron chi connectivity index (χ1n) is 9.45. The van der Waals surface area contributed by atoms with Gasteiger partial charge in [0.2, 0.25) is 0 Å². The van der Waals surface area contributed by atoms with Crippen molar-refractivity contribution in [3.8, 4) is 0 Å². The molecule has 2 aromatic heterocycles. The number of likely N-dealkylation sites (tertiary alicyclic amines) is 1. The van der Waals surface area contributed by atoms with Gasteiger partial charge in [0.1, 0.15) is 5.82 Å². The Balaban J connectivity index is 1.52. The molecule has 26 heavy (non-hydrogen) atoms. The quantitative estimate of drug-likeness (QED) is 0.729. The van der Waals surface area contributed by atoms with E-state index in [-0.39, 0.29) is 11.6 Å². The normalized spacial score (nSPS) is 20.1. The first-order chi connectivity index (χ1) is 12.7. The van der Waals surface area contributed by atoms with Crippen LogP contribution in [0.4, 0.5) is 0 Å². The van der Waals surface area contributed by atoms with Gasteiger partial charge in [-0.05, 0) is 44.4 Å². The summed E-state index contributed by atoms with van der Waals surface area (Å²) in [6.45, 7) is 2.97. The molecule has 5 rings (SSSR count). The maximum Gasteiger partial charge on any atom is 0.261 e. The molecular weight excluding hydrogens is 326 g/mol. The molecule has 0 saturated carbocycles. The van der Waals surface area contributed by atoms with Crippen LogP contribution in [0.1, 0.15) is 42.4 Å². The zero-order chi connectivity index (χ0) is 17.7. The van der Waals surface area contributed by atoms with Crippen molar-refractivity contribution in [1.29, 1.82) is 0 Å². The molecule has 3 aromatic rings. The van der Waals surface area contributed by atoms with E-state index in [4.69, 9.17) is 4.98 Å². The fraction of sp³-hybridized carbons (Fsp3) is 0.450. The molecule has 0 aliphatic carbocycles. The van der Waals surface area contributed by atoms with Crippen molar-refractivity contribution in [2.45, 2.75) is 44.8 Å². The van der Waals surface area contributed by atoms with Crippen LogP contribution in [-0.2, 0) is 26.6 Å². The molecule has 1 saturated heterocycles. The number of fused-ring (bicyclic) bond motifs is 2. The molecule has 2 aliphatic rings. The van der Waals surface area contributed by atoms with Crippen LogP contribution in [0.25, 0.3) is 10.9 Å². The summed E-state index contributed by atoms with van der Waals surface area (Å²) in [5, 5.41) is 5.22. The van der Waals surface area contributed by atoms with Gasteiger partial charge in [0, 0.05) is 31.4 Å². The molecule has 134 valence electrons. The Kier molecular flexibility index (Phi) is 3.67. The molecule has 0 N–H and O–H groups in total. The molecule has 0 spiro atoms. The molecule has 1 unspecified atom stereocenters. The highest BCUT2D eigenvalue weighted by molar-refractivity contribution is 5.77. The van der Waals surface area contributed by atoms with Crippen LogP contribution in [0.2, 0.25) is 0 Å². The summed E-state index contributed by atoms with van der Waals surface area (Å²) in [7, 11) is 1.85. The van der Waals surface area contributed by atoms with Crippen LogP contribution in [0.15, 0.2) is 35.3 Å². The first-order valence-corrected chi connectivity index (χ1v) is 9.45. The van der Waals surface area contributed by atoms with E-state index in [1.165, 1.54) is 17.7 Å².